The molecule has 0 saturated carbocycles. The lowest BCUT2D eigenvalue weighted by Crippen LogP contribution is -2.13. The molecule has 1 aliphatic rings. The van der Waals surface area contributed by atoms with Crippen LogP contribution in [-0.4, -0.2) is 9.55 Å². The van der Waals surface area contributed by atoms with E-state index in [0.717, 1.165) is 28.3 Å². The number of pyridine rings is 1. The molecule has 1 aliphatic heterocycles. The zero-order valence-electron chi connectivity index (χ0n) is 10.4. The Morgan fingerprint density at radius 2 is 2.16 bits per heavy atom. The van der Waals surface area contributed by atoms with Crippen molar-refractivity contribution in [2.75, 3.05) is 0 Å². The Morgan fingerprint density at radius 1 is 1.26 bits per heavy atom. The molecule has 2 aromatic heterocycles. The fourth-order valence-electron chi connectivity index (χ4n) is 2.56. The Kier molecular flexibility index (Phi) is 1.98. The molecule has 0 spiro atoms. The summed E-state index contributed by atoms with van der Waals surface area (Å²) in [6.45, 7) is 2.32. The molecule has 0 atom stereocenters. The van der Waals surface area contributed by atoms with Crippen molar-refractivity contribution in [3.8, 4) is 17.1 Å². The Bertz CT molecular complexity index is 807. The molecular formula is C15H11FN2O. The van der Waals surface area contributed by atoms with Crippen LogP contribution in [0.5, 0.6) is 5.75 Å². The molecule has 0 saturated heterocycles. The molecule has 0 aliphatic carbocycles. The Balaban J connectivity index is 2.09. The van der Waals surface area contributed by atoms with Gasteiger partial charge in [-0.05, 0) is 37.3 Å². The molecule has 4 rings (SSSR count). The van der Waals surface area contributed by atoms with Crippen LogP contribution in [0.1, 0.15) is 5.69 Å². The summed E-state index contributed by atoms with van der Waals surface area (Å²) in [5.41, 5.74) is 3.44. The minimum atomic E-state index is -0.214. The SMILES string of the molecule is Cc1ccc2c(n1)-c1cc3c(F)cccc3n1CO2. The number of nitrogens with zero attached hydrogens (tertiary/aromatic N) is 2. The van der Waals surface area contributed by atoms with Gasteiger partial charge in [0.05, 0.1) is 11.2 Å². The highest BCUT2D eigenvalue weighted by molar-refractivity contribution is 5.88. The van der Waals surface area contributed by atoms with Crippen LogP contribution in [0, 0.1) is 12.7 Å². The number of hydrogen-bond acceptors (Lipinski definition) is 2. The molecule has 19 heavy (non-hydrogen) atoms. The van der Waals surface area contributed by atoms with Crippen LogP contribution < -0.4 is 4.74 Å². The van der Waals surface area contributed by atoms with E-state index in [2.05, 4.69) is 4.98 Å². The van der Waals surface area contributed by atoms with E-state index in [1.807, 2.05) is 35.8 Å². The van der Waals surface area contributed by atoms with Crippen molar-refractivity contribution in [1.82, 2.24) is 9.55 Å². The van der Waals surface area contributed by atoms with E-state index in [-0.39, 0.29) is 5.82 Å². The van der Waals surface area contributed by atoms with Gasteiger partial charge in [-0.3, -0.25) is 0 Å². The normalized spacial score (nSPS) is 12.9. The second-order valence-electron chi connectivity index (χ2n) is 4.70. The molecule has 3 aromatic rings. The van der Waals surface area contributed by atoms with Gasteiger partial charge in [-0.25, -0.2) is 9.37 Å². The quantitative estimate of drug-likeness (QED) is 0.614. The highest BCUT2D eigenvalue weighted by atomic mass is 19.1. The van der Waals surface area contributed by atoms with Crippen LogP contribution in [0.25, 0.3) is 22.3 Å². The summed E-state index contributed by atoms with van der Waals surface area (Å²) in [7, 11) is 0. The molecule has 0 fully saturated rings. The molecule has 0 bridgehead atoms. The number of benzene rings is 1. The Morgan fingerprint density at radius 3 is 3.05 bits per heavy atom. The first kappa shape index (κ1) is 10.6. The van der Waals surface area contributed by atoms with Gasteiger partial charge in [0.15, 0.2) is 6.73 Å². The van der Waals surface area contributed by atoms with Gasteiger partial charge in [0.25, 0.3) is 0 Å². The van der Waals surface area contributed by atoms with Crippen LogP contribution in [-0.2, 0) is 6.73 Å². The van der Waals surface area contributed by atoms with Gasteiger partial charge in [0, 0.05) is 11.1 Å². The second-order valence-corrected chi connectivity index (χ2v) is 4.70. The van der Waals surface area contributed by atoms with Crippen molar-refractivity contribution in [2.45, 2.75) is 13.7 Å². The lowest BCUT2D eigenvalue weighted by Gasteiger charge is -2.20. The van der Waals surface area contributed by atoms with E-state index < -0.39 is 0 Å². The maximum atomic E-state index is 13.9. The van der Waals surface area contributed by atoms with Gasteiger partial charge in [0.2, 0.25) is 0 Å². The monoisotopic (exact) mass is 254 g/mol. The first-order valence-corrected chi connectivity index (χ1v) is 6.12. The van der Waals surface area contributed by atoms with Crippen molar-refractivity contribution >= 4 is 10.9 Å². The molecule has 3 nitrogen and oxygen atoms in total. The molecule has 1 aromatic carbocycles. The number of halogens is 1. The second kappa shape index (κ2) is 3.57. The molecule has 0 N–H and O–H groups in total. The predicted molar refractivity (Wildman–Crippen MR) is 70.5 cm³/mol. The van der Waals surface area contributed by atoms with Crippen molar-refractivity contribution in [3.05, 3.63) is 47.9 Å². The minimum Gasteiger partial charge on any atom is -0.470 e. The summed E-state index contributed by atoms with van der Waals surface area (Å²) >= 11 is 0. The molecule has 0 radical (unpaired) electrons. The molecule has 4 heteroatoms. The van der Waals surface area contributed by atoms with E-state index >= 15 is 0 Å². The first-order chi connectivity index (χ1) is 9.24. The standard InChI is InChI=1S/C15H11FN2O/c1-9-5-6-14-15(17-9)13-7-10-11(16)3-2-4-12(10)18(13)8-19-14/h2-7H,8H2,1H3. The summed E-state index contributed by atoms with van der Waals surface area (Å²) in [5.74, 6) is 0.537. The zero-order valence-corrected chi connectivity index (χ0v) is 10.4. The highest BCUT2D eigenvalue weighted by Crippen LogP contribution is 2.37. The average Bonchev–Trinajstić information content (AvgIpc) is 2.79. The number of rotatable bonds is 0. The fourth-order valence-corrected chi connectivity index (χ4v) is 2.56. The summed E-state index contributed by atoms with van der Waals surface area (Å²) in [6, 6.07) is 10.8. The Hall–Kier alpha value is -2.36. The van der Waals surface area contributed by atoms with E-state index in [9.17, 15) is 4.39 Å². The third-order valence-electron chi connectivity index (χ3n) is 3.48. The van der Waals surface area contributed by atoms with Gasteiger partial charge in [-0.1, -0.05) is 6.07 Å². The van der Waals surface area contributed by atoms with Crippen molar-refractivity contribution in [1.29, 1.82) is 0 Å². The number of aromatic nitrogens is 2. The summed E-state index contributed by atoms with van der Waals surface area (Å²) in [4.78, 5) is 4.51. The van der Waals surface area contributed by atoms with Crippen LogP contribution in [0.4, 0.5) is 4.39 Å². The lowest BCUT2D eigenvalue weighted by molar-refractivity contribution is 0.234. The van der Waals surface area contributed by atoms with Crippen molar-refractivity contribution in [2.24, 2.45) is 0 Å². The minimum absolute atomic E-state index is 0.214. The van der Waals surface area contributed by atoms with E-state index in [1.54, 1.807) is 6.07 Å². The Labute approximate surface area is 109 Å². The number of aryl methyl sites for hydroxylation is 1. The van der Waals surface area contributed by atoms with Gasteiger partial charge >= 0.3 is 0 Å². The van der Waals surface area contributed by atoms with Crippen LogP contribution in [0.15, 0.2) is 36.4 Å². The van der Waals surface area contributed by atoms with Gasteiger partial charge in [-0.2, -0.15) is 0 Å². The molecule has 94 valence electrons. The van der Waals surface area contributed by atoms with E-state index in [0.29, 0.717) is 12.1 Å². The topological polar surface area (TPSA) is 27.1 Å². The number of fused-ring (bicyclic) bond motifs is 5. The van der Waals surface area contributed by atoms with Crippen molar-refractivity contribution in [3.63, 3.8) is 0 Å². The van der Waals surface area contributed by atoms with Crippen LogP contribution >= 0.6 is 0 Å². The molecule has 0 unspecified atom stereocenters. The summed E-state index contributed by atoms with van der Waals surface area (Å²) in [6.07, 6.45) is 0. The van der Waals surface area contributed by atoms with Crippen LogP contribution in [0.3, 0.4) is 0 Å². The molecule has 3 heterocycles. The maximum Gasteiger partial charge on any atom is 0.165 e. The summed E-state index contributed by atoms with van der Waals surface area (Å²) in [5, 5.41) is 0.609. The first-order valence-electron chi connectivity index (χ1n) is 6.12. The number of ether oxygens (including phenoxy) is 1. The molecule has 0 amide bonds. The third kappa shape index (κ3) is 1.40. The average molecular weight is 254 g/mol. The van der Waals surface area contributed by atoms with Gasteiger partial charge in [0.1, 0.15) is 17.3 Å². The van der Waals surface area contributed by atoms with Gasteiger partial charge < -0.3 is 9.30 Å². The van der Waals surface area contributed by atoms with Crippen molar-refractivity contribution < 1.29 is 9.13 Å². The highest BCUT2D eigenvalue weighted by Gasteiger charge is 2.22. The maximum absolute atomic E-state index is 13.9. The lowest BCUT2D eigenvalue weighted by atomic mass is 10.2. The van der Waals surface area contributed by atoms with E-state index in [1.165, 1.54) is 6.07 Å². The third-order valence-corrected chi connectivity index (χ3v) is 3.48. The summed E-state index contributed by atoms with van der Waals surface area (Å²) < 4.78 is 21.5. The molecular weight excluding hydrogens is 243 g/mol. The van der Waals surface area contributed by atoms with E-state index in [4.69, 9.17) is 4.74 Å². The predicted octanol–water partition coefficient (Wildman–Crippen LogP) is 3.50. The largest absolute Gasteiger partial charge is 0.470 e. The number of hydrogen-bond donors (Lipinski definition) is 0. The smallest absolute Gasteiger partial charge is 0.165 e. The zero-order chi connectivity index (χ0) is 13.0. The fraction of sp³-hybridized carbons (Fsp3) is 0.133. The van der Waals surface area contributed by atoms with Gasteiger partial charge in [-0.15, -0.1) is 0 Å². The van der Waals surface area contributed by atoms with Crippen LogP contribution in [0.2, 0.25) is 0 Å².